The van der Waals surface area contributed by atoms with Crippen LogP contribution in [0.15, 0.2) is 53.9 Å². The van der Waals surface area contributed by atoms with Crippen LogP contribution in [0.25, 0.3) is 11.3 Å². The minimum Gasteiger partial charge on any atom is -0.497 e. The molecular formula is C23H22N4O4. The highest BCUT2D eigenvalue weighted by molar-refractivity contribution is 5.73. The van der Waals surface area contributed by atoms with Gasteiger partial charge in [-0.15, -0.1) is 5.10 Å². The second-order valence-corrected chi connectivity index (χ2v) is 6.82. The van der Waals surface area contributed by atoms with Crippen molar-refractivity contribution < 1.29 is 18.9 Å². The molecule has 0 unspecified atom stereocenters. The zero-order valence-corrected chi connectivity index (χ0v) is 17.4. The number of aromatic nitrogens is 2. The molecule has 4 rings (SSSR count). The first-order valence-electron chi connectivity index (χ1n) is 9.72. The fraction of sp³-hybridized carbons (Fsp3) is 0.217. The van der Waals surface area contributed by atoms with E-state index in [2.05, 4.69) is 16.3 Å². The van der Waals surface area contributed by atoms with Gasteiger partial charge in [-0.1, -0.05) is 12.1 Å². The minimum atomic E-state index is -0.477. The number of benzene rings is 2. The molecule has 8 nitrogen and oxygen atoms in total. The van der Waals surface area contributed by atoms with Crippen molar-refractivity contribution in [1.82, 2.24) is 10.2 Å². The number of ether oxygens (including phenoxy) is 4. The van der Waals surface area contributed by atoms with Gasteiger partial charge in [0, 0.05) is 5.56 Å². The Morgan fingerprint density at radius 1 is 1.16 bits per heavy atom. The summed E-state index contributed by atoms with van der Waals surface area (Å²) in [6, 6.07) is 15.3. The number of hydrogen-bond acceptors (Lipinski definition) is 7. The normalized spacial score (nSPS) is 15.0. The van der Waals surface area contributed by atoms with Gasteiger partial charge in [0.2, 0.25) is 11.8 Å². The summed E-state index contributed by atoms with van der Waals surface area (Å²) in [4.78, 5) is 0. The summed E-state index contributed by atoms with van der Waals surface area (Å²) in [5.74, 6) is 1.79. The van der Waals surface area contributed by atoms with Crippen LogP contribution in [0, 0.1) is 11.3 Å². The number of hydrogen-bond donors (Lipinski definition) is 2. The number of nitrogens with two attached hydrogens (primary N) is 1. The van der Waals surface area contributed by atoms with Crippen molar-refractivity contribution in [3.8, 4) is 40.5 Å². The number of aromatic amines is 1. The van der Waals surface area contributed by atoms with Crippen molar-refractivity contribution in [3.05, 3.63) is 65.0 Å². The highest BCUT2D eigenvalue weighted by Gasteiger charge is 2.36. The monoisotopic (exact) mass is 418 g/mol. The lowest BCUT2D eigenvalue weighted by Gasteiger charge is -2.24. The molecule has 0 saturated heterocycles. The Balaban J connectivity index is 1.89. The Bertz CT molecular complexity index is 1190. The van der Waals surface area contributed by atoms with E-state index < -0.39 is 5.92 Å². The summed E-state index contributed by atoms with van der Waals surface area (Å²) in [6.45, 7) is 2.44. The Morgan fingerprint density at radius 2 is 2.00 bits per heavy atom. The summed E-state index contributed by atoms with van der Waals surface area (Å²) in [5.41, 5.74) is 9.43. The van der Waals surface area contributed by atoms with E-state index in [0.29, 0.717) is 46.6 Å². The van der Waals surface area contributed by atoms with Crippen LogP contribution in [-0.4, -0.2) is 31.0 Å². The molecular weight excluding hydrogens is 396 g/mol. The van der Waals surface area contributed by atoms with E-state index in [1.807, 2.05) is 49.4 Å². The molecule has 0 fully saturated rings. The Morgan fingerprint density at radius 3 is 2.71 bits per heavy atom. The van der Waals surface area contributed by atoms with Gasteiger partial charge in [-0.2, -0.15) is 5.26 Å². The summed E-state index contributed by atoms with van der Waals surface area (Å²) < 4.78 is 22.2. The third kappa shape index (κ3) is 3.51. The lowest BCUT2D eigenvalue weighted by molar-refractivity contribution is 0.311. The number of methoxy groups -OCH3 is 2. The first kappa shape index (κ1) is 20.2. The summed E-state index contributed by atoms with van der Waals surface area (Å²) in [5, 5.41) is 17.2. The molecule has 0 radical (unpaired) electrons. The molecule has 2 aromatic carbocycles. The van der Waals surface area contributed by atoms with Crippen molar-refractivity contribution in [2.24, 2.45) is 5.73 Å². The number of rotatable bonds is 6. The van der Waals surface area contributed by atoms with Crippen molar-refractivity contribution in [3.63, 3.8) is 0 Å². The molecule has 31 heavy (non-hydrogen) atoms. The highest BCUT2D eigenvalue weighted by atomic mass is 16.5. The molecule has 0 bridgehead atoms. The second-order valence-electron chi connectivity index (χ2n) is 6.82. The first-order valence-corrected chi connectivity index (χ1v) is 9.72. The Hall–Kier alpha value is -4.12. The van der Waals surface area contributed by atoms with E-state index in [9.17, 15) is 5.26 Å². The molecule has 158 valence electrons. The fourth-order valence-corrected chi connectivity index (χ4v) is 3.72. The Labute approximate surface area is 179 Å². The van der Waals surface area contributed by atoms with Gasteiger partial charge in [-0.25, -0.2) is 0 Å². The molecule has 0 spiro atoms. The number of allylic oxidation sites excluding steroid dienone is 1. The van der Waals surface area contributed by atoms with E-state index in [-0.39, 0.29) is 5.88 Å². The van der Waals surface area contributed by atoms with Crippen LogP contribution < -0.4 is 24.7 Å². The van der Waals surface area contributed by atoms with Gasteiger partial charge in [-0.05, 0) is 42.8 Å². The molecule has 1 aliphatic heterocycles. The smallest absolute Gasteiger partial charge is 0.244 e. The lowest BCUT2D eigenvalue weighted by atomic mass is 9.83. The van der Waals surface area contributed by atoms with Crippen LogP contribution in [0.3, 0.4) is 0 Å². The van der Waals surface area contributed by atoms with Crippen LogP contribution in [0.2, 0.25) is 0 Å². The van der Waals surface area contributed by atoms with E-state index in [0.717, 1.165) is 11.1 Å². The van der Waals surface area contributed by atoms with Crippen LogP contribution >= 0.6 is 0 Å². The third-order valence-corrected chi connectivity index (χ3v) is 5.12. The molecule has 8 heteroatoms. The van der Waals surface area contributed by atoms with Gasteiger partial charge in [0.25, 0.3) is 0 Å². The predicted octanol–water partition coefficient (Wildman–Crippen LogP) is 3.71. The molecule has 3 aromatic rings. The number of nitrogens with zero attached hydrogens (tertiary/aromatic N) is 2. The number of nitriles is 1. The molecule has 0 saturated carbocycles. The van der Waals surface area contributed by atoms with Crippen molar-refractivity contribution >= 4 is 0 Å². The van der Waals surface area contributed by atoms with Crippen molar-refractivity contribution in [2.75, 3.05) is 20.8 Å². The van der Waals surface area contributed by atoms with Gasteiger partial charge in [-0.3, -0.25) is 5.10 Å². The van der Waals surface area contributed by atoms with Gasteiger partial charge in [0.15, 0.2) is 11.5 Å². The van der Waals surface area contributed by atoms with Gasteiger partial charge in [0.1, 0.15) is 17.4 Å². The van der Waals surface area contributed by atoms with E-state index in [1.54, 1.807) is 14.2 Å². The number of fused-ring (bicyclic) bond motifs is 1. The zero-order chi connectivity index (χ0) is 22.0. The van der Waals surface area contributed by atoms with Crippen molar-refractivity contribution in [2.45, 2.75) is 12.8 Å². The molecule has 1 aliphatic rings. The second kappa shape index (κ2) is 8.32. The topological polar surface area (TPSA) is 115 Å². The quantitative estimate of drug-likeness (QED) is 0.627. The van der Waals surface area contributed by atoms with E-state index >= 15 is 0 Å². The predicted molar refractivity (Wildman–Crippen MR) is 114 cm³/mol. The molecule has 0 amide bonds. The minimum absolute atomic E-state index is 0.0325. The summed E-state index contributed by atoms with van der Waals surface area (Å²) in [6.07, 6.45) is 0. The molecule has 3 N–H and O–H groups in total. The molecule has 1 atom stereocenters. The zero-order valence-electron chi connectivity index (χ0n) is 17.4. The summed E-state index contributed by atoms with van der Waals surface area (Å²) >= 11 is 0. The van der Waals surface area contributed by atoms with E-state index in [1.165, 1.54) is 0 Å². The first-order chi connectivity index (χ1) is 15.1. The lowest BCUT2D eigenvalue weighted by Crippen LogP contribution is -2.21. The average Bonchev–Trinajstić information content (AvgIpc) is 3.21. The summed E-state index contributed by atoms with van der Waals surface area (Å²) in [7, 11) is 3.18. The third-order valence-electron chi connectivity index (χ3n) is 5.12. The molecule has 2 heterocycles. The van der Waals surface area contributed by atoms with E-state index in [4.69, 9.17) is 24.7 Å². The van der Waals surface area contributed by atoms with Gasteiger partial charge >= 0.3 is 0 Å². The average molecular weight is 418 g/mol. The number of nitrogens with one attached hydrogen (secondary N) is 1. The maximum Gasteiger partial charge on any atom is 0.244 e. The Kier molecular flexibility index (Phi) is 5.41. The number of H-pyrrole nitrogens is 1. The molecule has 0 aliphatic carbocycles. The van der Waals surface area contributed by atoms with Crippen LogP contribution in [0.4, 0.5) is 0 Å². The SMILES string of the molecule is CCOc1ccc(-c2[nH]nc3c2[C@H](c2cccc(OC)c2)C(C#N)=C(N)O3)cc1OC. The maximum atomic E-state index is 9.86. The van der Waals surface area contributed by atoms with Gasteiger partial charge < -0.3 is 24.7 Å². The largest absolute Gasteiger partial charge is 0.497 e. The highest BCUT2D eigenvalue weighted by Crippen LogP contribution is 2.46. The fourth-order valence-electron chi connectivity index (χ4n) is 3.72. The van der Waals surface area contributed by atoms with Crippen LogP contribution in [-0.2, 0) is 0 Å². The standard InChI is InChI=1S/C23H22N4O4/c1-4-30-17-9-8-14(11-18(17)29-3)21-20-19(13-6-5-7-15(10-13)28-2)16(12-24)22(25)31-23(20)27-26-21/h5-11,19H,4,25H2,1-3H3,(H,26,27)/t19-/m1/s1. The van der Waals surface area contributed by atoms with Gasteiger partial charge in [0.05, 0.1) is 38.0 Å². The van der Waals surface area contributed by atoms with Crippen LogP contribution in [0.1, 0.15) is 24.0 Å². The van der Waals surface area contributed by atoms with Crippen molar-refractivity contribution in [1.29, 1.82) is 5.26 Å². The maximum absolute atomic E-state index is 9.86. The molecule has 1 aromatic heterocycles. The van der Waals surface area contributed by atoms with Crippen LogP contribution in [0.5, 0.6) is 23.1 Å².